The molecule has 2 aliphatic heterocycles. The zero-order valence-corrected chi connectivity index (χ0v) is 15.5. The molecule has 1 amide bonds. The Bertz CT molecular complexity index is 729. The van der Waals surface area contributed by atoms with Crippen molar-refractivity contribution < 1.29 is 17.6 Å². The third kappa shape index (κ3) is 4.59. The fourth-order valence-electron chi connectivity index (χ4n) is 3.30. The van der Waals surface area contributed by atoms with Gasteiger partial charge in [-0.3, -0.25) is 9.69 Å². The Hall–Kier alpha value is -1.55. The van der Waals surface area contributed by atoms with E-state index in [0.29, 0.717) is 44.8 Å². The van der Waals surface area contributed by atoms with Crippen LogP contribution in [0, 0.1) is 5.82 Å². The van der Waals surface area contributed by atoms with Gasteiger partial charge in [-0.15, -0.1) is 0 Å². The molecule has 1 aromatic carbocycles. The maximum Gasteiger partial charge on any atom is 0.282 e. The van der Waals surface area contributed by atoms with Gasteiger partial charge in [0.25, 0.3) is 10.2 Å². The molecule has 2 heterocycles. The van der Waals surface area contributed by atoms with E-state index in [0.717, 1.165) is 12.8 Å². The molecular formula is C17H25FN4O3S. The first-order chi connectivity index (χ1) is 12.5. The van der Waals surface area contributed by atoms with Crippen molar-refractivity contribution in [2.75, 3.05) is 45.8 Å². The number of rotatable bonds is 6. The number of hydrogen-bond acceptors (Lipinski definition) is 4. The van der Waals surface area contributed by atoms with Gasteiger partial charge in [0.1, 0.15) is 5.82 Å². The van der Waals surface area contributed by atoms with Crippen LogP contribution in [-0.4, -0.2) is 73.6 Å². The molecule has 1 N–H and O–H groups in total. The van der Waals surface area contributed by atoms with Crippen LogP contribution in [0.1, 0.15) is 18.4 Å². The molecule has 9 heteroatoms. The van der Waals surface area contributed by atoms with Crippen LogP contribution < -0.4 is 5.32 Å². The topological polar surface area (TPSA) is 73.0 Å². The number of hydrogen-bond donors (Lipinski definition) is 1. The molecule has 2 fully saturated rings. The van der Waals surface area contributed by atoms with Gasteiger partial charge in [0.15, 0.2) is 0 Å². The van der Waals surface area contributed by atoms with Crippen LogP contribution in [0.4, 0.5) is 4.39 Å². The highest BCUT2D eigenvalue weighted by molar-refractivity contribution is 7.86. The monoisotopic (exact) mass is 384 g/mol. The van der Waals surface area contributed by atoms with Gasteiger partial charge in [-0.2, -0.15) is 17.0 Å². The van der Waals surface area contributed by atoms with Crippen LogP contribution in [0.5, 0.6) is 0 Å². The van der Waals surface area contributed by atoms with Crippen molar-refractivity contribution in [1.82, 2.24) is 18.8 Å². The third-order valence-electron chi connectivity index (χ3n) is 4.85. The number of benzene rings is 1. The molecule has 2 aliphatic rings. The molecule has 0 aromatic heterocycles. The van der Waals surface area contributed by atoms with Crippen LogP contribution in [0.25, 0.3) is 0 Å². The van der Waals surface area contributed by atoms with E-state index in [9.17, 15) is 17.6 Å². The molecule has 144 valence electrons. The summed E-state index contributed by atoms with van der Waals surface area (Å²) in [5.41, 5.74) is 0.447. The molecular weight excluding hydrogens is 359 g/mol. The fourth-order valence-corrected chi connectivity index (χ4v) is 4.97. The van der Waals surface area contributed by atoms with Gasteiger partial charge in [0.05, 0.1) is 6.54 Å². The molecule has 0 bridgehead atoms. The molecule has 0 saturated carbocycles. The highest BCUT2D eigenvalue weighted by atomic mass is 32.2. The standard InChI is InChI=1S/C17H25FN4O3S/c18-16-6-2-1-5-15(16)13-19-17(23)14-20-9-11-22(12-10-20)26(24,25)21-7-3-4-8-21/h1-2,5-6H,3-4,7-14H2,(H,19,23). The lowest BCUT2D eigenvalue weighted by molar-refractivity contribution is -0.122. The largest absolute Gasteiger partial charge is 0.351 e. The smallest absolute Gasteiger partial charge is 0.282 e. The lowest BCUT2D eigenvalue weighted by Gasteiger charge is -2.35. The SMILES string of the molecule is O=C(CN1CCN(S(=O)(=O)N2CCCC2)CC1)NCc1ccccc1F. The van der Waals surface area contributed by atoms with Crippen LogP contribution in [0.3, 0.4) is 0 Å². The zero-order valence-electron chi connectivity index (χ0n) is 14.7. The van der Waals surface area contributed by atoms with Gasteiger partial charge < -0.3 is 5.32 Å². The van der Waals surface area contributed by atoms with E-state index in [1.807, 2.05) is 4.90 Å². The normalized spacial score (nSPS) is 20.3. The minimum absolute atomic E-state index is 0.148. The second kappa shape index (κ2) is 8.43. The molecule has 3 rings (SSSR count). The van der Waals surface area contributed by atoms with E-state index in [1.165, 1.54) is 10.4 Å². The lowest BCUT2D eigenvalue weighted by Crippen LogP contribution is -2.54. The summed E-state index contributed by atoms with van der Waals surface area (Å²) in [7, 11) is -3.37. The lowest BCUT2D eigenvalue weighted by atomic mass is 10.2. The van der Waals surface area contributed by atoms with E-state index in [1.54, 1.807) is 22.5 Å². The van der Waals surface area contributed by atoms with E-state index in [4.69, 9.17) is 0 Å². The fraction of sp³-hybridized carbons (Fsp3) is 0.588. The molecule has 26 heavy (non-hydrogen) atoms. The van der Waals surface area contributed by atoms with Crippen LogP contribution in [0.15, 0.2) is 24.3 Å². The number of carbonyl (C=O) groups is 1. The second-order valence-corrected chi connectivity index (χ2v) is 8.59. The molecule has 7 nitrogen and oxygen atoms in total. The molecule has 0 aliphatic carbocycles. The summed E-state index contributed by atoms with van der Waals surface area (Å²) < 4.78 is 41.7. The first-order valence-electron chi connectivity index (χ1n) is 8.94. The molecule has 0 unspecified atom stereocenters. The first kappa shape index (κ1) is 19.2. The summed E-state index contributed by atoms with van der Waals surface area (Å²) in [6.45, 7) is 3.34. The summed E-state index contributed by atoms with van der Waals surface area (Å²) in [6.07, 6.45) is 1.84. The van der Waals surface area contributed by atoms with Crippen molar-refractivity contribution in [3.05, 3.63) is 35.6 Å². The van der Waals surface area contributed by atoms with Crippen molar-refractivity contribution in [3.63, 3.8) is 0 Å². The maximum absolute atomic E-state index is 13.6. The highest BCUT2D eigenvalue weighted by Crippen LogP contribution is 2.18. The predicted molar refractivity (Wildman–Crippen MR) is 96.0 cm³/mol. The molecule has 1 aromatic rings. The van der Waals surface area contributed by atoms with E-state index < -0.39 is 10.2 Å². The summed E-state index contributed by atoms with van der Waals surface area (Å²) in [6, 6.07) is 6.33. The van der Waals surface area contributed by atoms with Crippen molar-refractivity contribution in [3.8, 4) is 0 Å². The molecule has 0 spiro atoms. The average Bonchev–Trinajstić information content (AvgIpc) is 3.17. The first-order valence-corrected chi connectivity index (χ1v) is 10.3. The predicted octanol–water partition coefficient (Wildman–Crippen LogP) is 0.400. The van der Waals surface area contributed by atoms with Gasteiger partial charge in [0.2, 0.25) is 5.91 Å². The van der Waals surface area contributed by atoms with Crippen LogP contribution in [-0.2, 0) is 21.5 Å². The minimum atomic E-state index is -3.37. The zero-order chi connectivity index (χ0) is 18.6. The minimum Gasteiger partial charge on any atom is -0.351 e. The Morgan fingerprint density at radius 2 is 1.62 bits per heavy atom. The number of nitrogens with zero attached hydrogens (tertiary/aromatic N) is 3. The number of carbonyl (C=O) groups excluding carboxylic acids is 1. The summed E-state index contributed by atoms with van der Waals surface area (Å²) >= 11 is 0. The number of halogens is 1. The molecule has 2 saturated heterocycles. The van der Waals surface area contributed by atoms with Crippen molar-refractivity contribution in [1.29, 1.82) is 0 Å². The summed E-state index contributed by atoms with van der Waals surface area (Å²) in [4.78, 5) is 14.0. The Morgan fingerprint density at radius 1 is 1.00 bits per heavy atom. The van der Waals surface area contributed by atoms with Crippen molar-refractivity contribution >= 4 is 16.1 Å². The van der Waals surface area contributed by atoms with E-state index >= 15 is 0 Å². The molecule has 0 atom stereocenters. The third-order valence-corrected chi connectivity index (χ3v) is 6.89. The van der Waals surface area contributed by atoms with Crippen molar-refractivity contribution in [2.24, 2.45) is 0 Å². The van der Waals surface area contributed by atoms with Crippen molar-refractivity contribution in [2.45, 2.75) is 19.4 Å². The van der Waals surface area contributed by atoms with Crippen LogP contribution >= 0.6 is 0 Å². The van der Waals surface area contributed by atoms with Crippen LogP contribution in [0.2, 0.25) is 0 Å². The number of nitrogens with one attached hydrogen (secondary N) is 1. The number of amides is 1. The van der Waals surface area contributed by atoms with Gasteiger partial charge in [0, 0.05) is 51.4 Å². The summed E-state index contributed by atoms with van der Waals surface area (Å²) in [5, 5.41) is 2.71. The quantitative estimate of drug-likeness (QED) is 0.771. The molecule has 0 radical (unpaired) electrons. The number of piperazine rings is 1. The second-order valence-electron chi connectivity index (χ2n) is 6.66. The van der Waals surface area contributed by atoms with Gasteiger partial charge in [-0.25, -0.2) is 4.39 Å². The average molecular weight is 384 g/mol. The van der Waals surface area contributed by atoms with Gasteiger partial charge >= 0.3 is 0 Å². The highest BCUT2D eigenvalue weighted by Gasteiger charge is 2.33. The maximum atomic E-state index is 13.6. The van der Waals surface area contributed by atoms with Gasteiger partial charge in [-0.05, 0) is 18.9 Å². The Morgan fingerprint density at radius 3 is 2.27 bits per heavy atom. The van der Waals surface area contributed by atoms with E-state index in [-0.39, 0.29) is 24.8 Å². The Labute approximate surface area is 153 Å². The van der Waals surface area contributed by atoms with E-state index in [2.05, 4.69) is 5.32 Å². The van der Waals surface area contributed by atoms with Gasteiger partial charge in [-0.1, -0.05) is 18.2 Å². The Kier molecular flexibility index (Phi) is 6.23. The Balaban J connectivity index is 1.43. The summed E-state index contributed by atoms with van der Waals surface area (Å²) in [5.74, 6) is -0.530.